The van der Waals surface area contributed by atoms with Gasteiger partial charge in [-0.15, -0.1) is 0 Å². The average molecular weight is 266 g/mol. The molecule has 0 aliphatic carbocycles. The van der Waals surface area contributed by atoms with Gasteiger partial charge in [-0.25, -0.2) is 9.07 Å². The van der Waals surface area contributed by atoms with Gasteiger partial charge in [-0.1, -0.05) is 0 Å². The van der Waals surface area contributed by atoms with Crippen LogP contribution in [0.1, 0.15) is 5.69 Å². The van der Waals surface area contributed by atoms with E-state index in [-0.39, 0.29) is 5.82 Å². The number of hydrogen-bond donors (Lipinski definition) is 0. The van der Waals surface area contributed by atoms with Crippen LogP contribution in [0.25, 0.3) is 5.69 Å². The van der Waals surface area contributed by atoms with Crippen LogP contribution >= 0.6 is 11.6 Å². The summed E-state index contributed by atoms with van der Waals surface area (Å²) in [7, 11) is 0. The second-order valence-electron chi connectivity index (χ2n) is 4.02. The minimum Gasteiger partial charge on any atom is -0.295 e. The van der Waals surface area contributed by atoms with E-state index in [1.165, 1.54) is 17.0 Å². The van der Waals surface area contributed by atoms with E-state index in [1.807, 2.05) is 0 Å². The van der Waals surface area contributed by atoms with E-state index < -0.39 is 5.37 Å². The Morgan fingerprint density at radius 1 is 1.33 bits per heavy atom. The number of carbonyl (C=O) groups is 1. The van der Waals surface area contributed by atoms with Gasteiger partial charge >= 0.3 is 5.37 Å². The molecule has 18 heavy (non-hydrogen) atoms. The van der Waals surface area contributed by atoms with Crippen molar-refractivity contribution in [1.82, 2.24) is 9.78 Å². The van der Waals surface area contributed by atoms with Gasteiger partial charge in [0, 0.05) is 13.0 Å². The fourth-order valence-corrected chi connectivity index (χ4v) is 2.33. The zero-order valence-corrected chi connectivity index (χ0v) is 10.1. The van der Waals surface area contributed by atoms with Gasteiger partial charge in [0.05, 0.1) is 23.3 Å². The molecule has 0 atom stereocenters. The van der Waals surface area contributed by atoms with Crippen molar-refractivity contribution in [3.05, 3.63) is 42.0 Å². The van der Waals surface area contributed by atoms with Gasteiger partial charge in [-0.05, 0) is 35.9 Å². The molecule has 3 rings (SSSR count). The molecule has 1 aliphatic rings. The summed E-state index contributed by atoms with van der Waals surface area (Å²) in [5, 5.41) is 3.71. The van der Waals surface area contributed by atoms with E-state index in [2.05, 4.69) is 5.10 Å². The first-order valence-electron chi connectivity index (χ1n) is 5.46. The van der Waals surface area contributed by atoms with Crippen molar-refractivity contribution >= 4 is 22.7 Å². The number of fused-ring (bicyclic) bond motifs is 1. The van der Waals surface area contributed by atoms with Gasteiger partial charge in [0.1, 0.15) is 5.82 Å². The van der Waals surface area contributed by atoms with Gasteiger partial charge < -0.3 is 0 Å². The van der Waals surface area contributed by atoms with E-state index in [0.29, 0.717) is 13.0 Å². The van der Waals surface area contributed by atoms with Crippen LogP contribution in [0.15, 0.2) is 30.5 Å². The lowest BCUT2D eigenvalue weighted by Crippen LogP contribution is -2.22. The molecule has 92 valence electrons. The molecule has 0 fully saturated rings. The van der Waals surface area contributed by atoms with Crippen molar-refractivity contribution in [2.75, 3.05) is 11.4 Å². The Morgan fingerprint density at radius 3 is 2.72 bits per heavy atom. The third-order valence-electron chi connectivity index (χ3n) is 2.99. The Kier molecular flexibility index (Phi) is 2.56. The second-order valence-corrected chi connectivity index (χ2v) is 4.34. The van der Waals surface area contributed by atoms with E-state index >= 15 is 0 Å². The van der Waals surface area contributed by atoms with Crippen molar-refractivity contribution in [3.8, 4) is 5.69 Å². The molecule has 0 saturated carbocycles. The van der Waals surface area contributed by atoms with Crippen LogP contribution in [0, 0.1) is 5.82 Å². The van der Waals surface area contributed by atoms with E-state index in [0.717, 1.165) is 17.1 Å². The first-order chi connectivity index (χ1) is 8.66. The molecule has 0 spiro atoms. The molecule has 0 N–H and O–H groups in total. The summed E-state index contributed by atoms with van der Waals surface area (Å²) in [4.78, 5) is 12.7. The summed E-state index contributed by atoms with van der Waals surface area (Å²) >= 11 is 5.49. The number of rotatable bonds is 1. The Hall–Kier alpha value is -1.88. The minimum absolute atomic E-state index is 0.292. The summed E-state index contributed by atoms with van der Waals surface area (Å²) in [6, 6.07) is 6.05. The predicted octanol–water partition coefficient (Wildman–Crippen LogP) is 2.73. The number of carbonyl (C=O) groups excluding carboxylic acids is 1. The van der Waals surface area contributed by atoms with Crippen molar-refractivity contribution in [2.45, 2.75) is 6.42 Å². The first-order valence-corrected chi connectivity index (χ1v) is 5.84. The normalized spacial score (nSPS) is 13.8. The smallest absolute Gasteiger partial charge is 0.295 e. The molecule has 2 heterocycles. The molecule has 4 nitrogen and oxygen atoms in total. The molecule has 1 aromatic carbocycles. The summed E-state index contributed by atoms with van der Waals surface area (Å²) in [6.07, 6.45) is 2.29. The molecule has 6 heteroatoms. The zero-order valence-electron chi connectivity index (χ0n) is 9.31. The Labute approximate surface area is 108 Å². The fourth-order valence-electron chi connectivity index (χ4n) is 2.15. The molecule has 1 aliphatic heterocycles. The molecule has 0 bridgehead atoms. The number of aromatic nitrogens is 2. The Balaban J connectivity index is 2.04. The van der Waals surface area contributed by atoms with Gasteiger partial charge in [0.15, 0.2) is 0 Å². The standard InChI is InChI=1S/C12H9ClFN3O/c13-12(18)16-6-5-10-11(16)7-15-17(10)9-3-1-8(14)2-4-9/h1-4,7H,5-6H2. The zero-order chi connectivity index (χ0) is 12.7. The van der Waals surface area contributed by atoms with Crippen molar-refractivity contribution in [1.29, 1.82) is 0 Å². The molecule has 1 amide bonds. The molecule has 0 saturated heterocycles. The maximum atomic E-state index is 12.9. The highest BCUT2D eigenvalue weighted by molar-refractivity contribution is 6.66. The third kappa shape index (κ3) is 1.67. The number of anilines is 1. The van der Waals surface area contributed by atoms with Gasteiger partial charge in [-0.2, -0.15) is 5.10 Å². The summed E-state index contributed by atoms with van der Waals surface area (Å²) in [6.45, 7) is 0.552. The fraction of sp³-hybridized carbons (Fsp3) is 0.167. The summed E-state index contributed by atoms with van der Waals surface area (Å²) < 4.78 is 14.6. The quantitative estimate of drug-likeness (QED) is 0.587. The van der Waals surface area contributed by atoms with Gasteiger partial charge in [0.2, 0.25) is 0 Å². The summed E-state index contributed by atoms with van der Waals surface area (Å²) in [5.41, 5.74) is 2.40. The van der Waals surface area contributed by atoms with Crippen LogP contribution in [0.2, 0.25) is 0 Å². The number of amides is 1. The highest BCUT2D eigenvalue weighted by Gasteiger charge is 2.27. The minimum atomic E-state index is -0.507. The molecule has 0 unspecified atom stereocenters. The first kappa shape index (κ1) is 11.2. The predicted molar refractivity (Wildman–Crippen MR) is 65.8 cm³/mol. The van der Waals surface area contributed by atoms with E-state index in [1.54, 1.807) is 23.0 Å². The molecule has 1 aromatic heterocycles. The van der Waals surface area contributed by atoms with E-state index in [4.69, 9.17) is 11.6 Å². The van der Waals surface area contributed by atoms with Crippen molar-refractivity contribution in [2.24, 2.45) is 0 Å². The average Bonchev–Trinajstić information content (AvgIpc) is 2.90. The van der Waals surface area contributed by atoms with Gasteiger partial charge in [-0.3, -0.25) is 9.69 Å². The third-order valence-corrected chi connectivity index (χ3v) is 3.20. The number of halogens is 2. The monoisotopic (exact) mass is 265 g/mol. The van der Waals surface area contributed by atoms with Crippen LogP contribution in [-0.2, 0) is 6.42 Å². The molecular formula is C12H9ClFN3O. The number of nitrogens with zero attached hydrogens (tertiary/aromatic N) is 3. The molecule has 0 radical (unpaired) electrons. The lowest BCUT2D eigenvalue weighted by atomic mass is 10.3. The van der Waals surface area contributed by atoms with Gasteiger partial charge in [0.25, 0.3) is 0 Å². The maximum absolute atomic E-state index is 12.9. The lowest BCUT2D eigenvalue weighted by Gasteiger charge is -2.09. The van der Waals surface area contributed by atoms with Crippen LogP contribution < -0.4 is 4.90 Å². The van der Waals surface area contributed by atoms with Crippen LogP contribution in [0.3, 0.4) is 0 Å². The van der Waals surface area contributed by atoms with Crippen molar-refractivity contribution in [3.63, 3.8) is 0 Å². The largest absolute Gasteiger partial charge is 0.320 e. The number of benzene rings is 1. The summed E-state index contributed by atoms with van der Waals surface area (Å²) in [5.74, 6) is -0.292. The van der Waals surface area contributed by atoms with Crippen molar-refractivity contribution < 1.29 is 9.18 Å². The highest BCUT2D eigenvalue weighted by Crippen LogP contribution is 2.30. The molecule has 2 aromatic rings. The SMILES string of the molecule is O=C(Cl)N1CCc2c1cnn2-c1ccc(F)cc1. The maximum Gasteiger partial charge on any atom is 0.320 e. The van der Waals surface area contributed by atoms with Crippen LogP contribution in [0.4, 0.5) is 14.9 Å². The Morgan fingerprint density at radius 2 is 2.06 bits per heavy atom. The van der Waals surface area contributed by atoms with Crippen LogP contribution in [0.5, 0.6) is 0 Å². The highest BCUT2D eigenvalue weighted by atomic mass is 35.5. The topological polar surface area (TPSA) is 38.1 Å². The lowest BCUT2D eigenvalue weighted by molar-refractivity contribution is 0.264. The molecular weight excluding hydrogens is 257 g/mol. The Bertz CT molecular complexity index is 608. The van der Waals surface area contributed by atoms with Crippen LogP contribution in [-0.4, -0.2) is 21.7 Å². The van der Waals surface area contributed by atoms with E-state index in [9.17, 15) is 9.18 Å². The number of hydrogen-bond acceptors (Lipinski definition) is 2. The second kappa shape index (κ2) is 4.10.